The molecule has 0 radical (unpaired) electrons. The van der Waals surface area contributed by atoms with E-state index >= 15 is 0 Å². The highest BCUT2D eigenvalue weighted by Crippen LogP contribution is 2.51. The van der Waals surface area contributed by atoms with Gasteiger partial charge >= 0.3 is 0 Å². The molecule has 0 bridgehead atoms. The van der Waals surface area contributed by atoms with Gasteiger partial charge in [0.15, 0.2) is 0 Å². The molecule has 2 heteroatoms. The minimum absolute atomic E-state index is 0.167. The standard InChI is InChI=1S/C19H16N2/c20-16-11-10-15-13-8-4-5-9-14(13)17(18(15)19(16)21)12-6-2-1-3-7-12/h1-11,17H,20-21H2. The van der Waals surface area contributed by atoms with Crippen LogP contribution in [0.15, 0.2) is 66.7 Å². The third-order valence-electron chi connectivity index (χ3n) is 4.30. The molecule has 0 spiro atoms. The average Bonchev–Trinajstić information content (AvgIpc) is 2.87. The summed E-state index contributed by atoms with van der Waals surface area (Å²) in [4.78, 5) is 0. The number of fused-ring (bicyclic) bond motifs is 3. The maximum atomic E-state index is 6.32. The van der Waals surface area contributed by atoms with Crippen LogP contribution in [0.4, 0.5) is 11.4 Å². The van der Waals surface area contributed by atoms with E-state index in [0.717, 1.165) is 5.56 Å². The molecule has 0 saturated carbocycles. The molecule has 1 aliphatic carbocycles. The zero-order valence-corrected chi connectivity index (χ0v) is 11.6. The van der Waals surface area contributed by atoms with E-state index in [0.29, 0.717) is 11.4 Å². The van der Waals surface area contributed by atoms with Crippen molar-refractivity contribution in [3.05, 3.63) is 83.4 Å². The highest BCUT2D eigenvalue weighted by atomic mass is 14.7. The summed E-state index contributed by atoms with van der Waals surface area (Å²) in [6.07, 6.45) is 0. The Bertz CT molecular complexity index is 822. The van der Waals surface area contributed by atoms with Crippen LogP contribution in [0, 0.1) is 0 Å². The Kier molecular flexibility index (Phi) is 2.51. The van der Waals surface area contributed by atoms with Crippen molar-refractivity contribution >= 4 is 11.4 Å². The van der Waals surface area contributed by atoms with Gasteiger partial charge in [0.25, 0.3) is 0 Å². The summed E-state index contributed by atoms with van der Waals surface area (Å²) in [5.74, 6) is 0.167. The van der Waals surface area contributed by atoms with Gasteiger partial charge in [0.05, 0.1) is 11.4 Å². The Labute approximate surface area is 124 Å². The van der Waals surface area contributed by atoms with E-state index in [-0.39, 0.29) is 5.92 Å². The Hall–Kier alpha value is -2.74. The molecule has 4 N–H and O–H groups in total. The minimum atomic E-state index is 0.167. The molecule has 3 aromatic rings. The van der Waals surface area contributed by atoms with Crippen LogP contribution in [0.2, 0.25) is 0 Å². The van der Waals surface area contributed by atoms with Crippen LogP contribution in [0.5, 0.6) is 0 Å². The molecule has 102 valence electrons. The van der Waals surface area contributed by atoms with Gasteiger partial charge in [-0.2, -0.15) is 0 Å². The summed E-state index contributed by atoms with van der Waals surface area (Å²) in [7, 11) is 0. The Morgan fingerprint density at radius 2 is 1.38 bits per heavy atom. The monoisotopic (exact) mass is 272 g/mol. The highest BCUT2D eigenvalue weighted by Gasteiger charge is 2.31. The fraction of sp³-hybridized carbons (Fsp3) is 0.0526. The zero-order valence-electron chi connectivity index (χ0n) is 11.6. The van der Waals surface area contributed by atoms with E-state index in [2.05, 4.69) is 54.6 Å². The lowest BCUT2D eigenvalue weighted by Gasteiger charge is -2.17. The summed E-state index contributed by atoms with van der Waals surface area (Å²) >= 11 is 0. The quantitative estimate of drug-likeness (QED) is 0.514. The first-order valence-electron chi connectivity index (χ1n) is 7.09. The molecule has 4 rings (SSSR count). The van der Waals surface area contributed by atoms with E-state index in [1.54, 1.807) is 0 Å². The van der Waals surface area contributed by atoms with Gasteiger partial charge in [-0.15, -0.1) is 0 Å². The fourth-order valence-electron chi connectivity index (χ4n) is 3.34. The number of hydrogen-bond donors (Lipinski definition) is 2. The van der Waals surface area contributed by atoms with Gasteiger partial charge in [-0.3, -0.25) is 0 Å². The highest BCUT2D eigenvalue weighted by molar-refractivity contribution is 5.89. The van der Waals surface area contributed by atoms with Crippen molar-refractivity contribution in [2.75, 3.05) is 11.5 Å². The molecule has 0 saturated heterocycles. The van der Waals surface area contributed by atoms with Gasteiger partial charge in [0.2, 0.25) is 0 Å². The van der Waals surface area contributed by atoms with Gasteiger partial charge in [0.1, 0.15) is 0 Å². The van der Waals surface area contributed by atoms with Gasteiger partial charge < -0.3 is 11.5 Å². The molecule has 0 fully saturated rings. The lowest BCUT2D eigenvalue weighted by molar-refractivity contribution is 1.02. The van der Waals surface area contributed by atoms with Crippen LogP contribution in [0.1, 0.15) is 22.6 Å². The fourth-order valence-corrected chi connectivity index (χ4v) is 3.34. The molecule has 21 heavy (non-hydrogen) atoms. The van der Waals surface area contributed by atoms with Gasteiger partial charge in [-0.05, 0) is 33.9 Å². The molecule has 0 aliphatic heterocycles. The maximum absolute atomic E-state index is 6.32. The molecule has 1 aliphatic rings. The largest absolute Gasteiger partial charge is 0.397 e. The molecule has 1 atom stereocenters. The van der Waals surface area contributed by atoms with E-state index in [4.69, 9.17) is 11.5 Å². The molecule has 0 aromatic heterocycles. The SMILES string of the molecule is Nc1ccc2c(c1N)C(c1ccccc1)c1ccccc1-2. The van der Waals surface area contributed by atoms with Crippen LogP contribution < -0.4 is 11.5 Å². The topological polar surface area (TPSA) is 52.0 Å². The second-order valence-electron chi connectivity index (χ2n) is 5.46. The zero-order chi connectivity index (χ0) is 14.4. The van der Waals surface area contributed by atoms with Crippen molar-refractivity contribution in [2.24, 2.45) is 0 Å². The predicted molar refractivity (Wildman–Crippen MR) is 88.1 cm³/mol. The average molecular weight is 272 g/mol. The van der Waals surface area contributed by atoms with E-state index in [1.807, 2.05) is 12.1 Å². The van der Waals surface area contributed by atoms with Crippen molar-refractivity contribution in [1.82, 2.24) is 0 Å². The van der Waals surface area contributed by atoms with Crippen molar-refractivity contribution in [3.63, 3.8) is 0 Å². The van der Waals surface area contributed by atoms with Crippen LogP contribution in [-0.2, 0) is 0 Å². The molecule has 2 nitrogen and oxygen atoms in total. The third kappa shape index (κ3) is 1.66. The molecule has 0 amide bonds. The predicted octanol–water partition coefficient (Wildman–Crippen LogP) is 4.01. The first kappa shape index (κ1) is 12.0. The maximum Gasteiger partial charge on any atom is 0.0596 e. The van der Waals surface area contributed by atoms with Gasteiger partial charge in [-0.25, -0.2) is 0 Å². The normalized spacial score (nSPS) is 15.5. The van der Waals surface area contributed by atoms with E-state index in [1.165, 1.54) is 22.3 Å². The van der Waals surface area contributed by atoms with Crippen LogP contribution >= 0.6 is 0 Å². The number of anilines is 2. The number of hydrogen-bond acceptors (Lipinski definition) is 2. The summed E-state index contributed by atoms with van der Waals surface area (Å²) < 4.78 is 0. The third-order valence-corrected chi connectivity index (χ3v) is 4.30. The number of nitrogens with two attached hydrogens (primary N) is 2. The van der Waals surface area contributed by atoms with Gasteiger partial charge in [-0.1, -0.05) is 60.7 Å². The summed E-state index contributed by atoms with van der Waals surface area (Å²) in [6.45, 7) is 0. The first-order valence-corrected chi connectivity index (χ1v) is 7.09. The van der Waals surface area contributed by atoms with Crippen molar-refractivity contribution in [1.29, 1.82) is 0 Å². The minimum Gasteiger partial charge on any atom is -0.397 e. The van der Waals surface area contributed by atoms with Crippen LogP contribution in [0.3, 0.4) is 0 Å². The second-order valence-corrected chi connectivity index (χ2v) is 5.46. The lowest BCUT2D eigenvalue weighted by atomic mass is 9.88. The molecule has 3 aromatic carbocycles. The van der Waals surface area contributed by atoms with Crippen LogP contribution in [0.25, 0.3) is 11.1 Å². The number of benzene rings is 3. The molecule has 1 unspecified atom stereocenters. The second kappa shape index (κ2) is 4.38. The summed E-state index contributed by atoms with van der Waals surface area (Å²) in [5.41, 5.74) is 19.9. The van der Waals surface area contributed by atoms with E-state index in [9.17, 15) is 0 Å². The smallest absolute Gasteiger partial charge is 0.0596 e. The van der Waals surface area contributed by atoms with Gasteiger partial charge in [0, 0.05) is 5.92 Å². The summed E-state index contributed by atoms with van der Waals surface area (Å²) in [5, 5.41) is 0. The van der Waals surface area contributed by atoms with E-state index < -0.39 is 0 Å². The Balaban J connectivity index is 2.06. The Morgan fingerprint density at radius 3 is 2.19 bits per heavy atom. The van der Waals surface area contributed by atoms with Crippen molar-refractivity contribution < 1.29 is 0 Å². The molecular weight excluding hydrogens is 256 g/mol. The number of nitrogen functional groups attached to an aromatic ring is 2. The first-order chi connectivity index (χ1) is 10.3. The number of rotatable bonds is 1. The van der Waals surface area contributed by atoms with Crippen LogP contribution in [-0.4, -0.2) is 0 Å². The Morgan fingerprint density at radius 1 is 0.667 bits per heavy atom. The molecule has 0 heterocycles. The van der Waals surface area contributed by atoms with Crippen molar-refractivity contribution in [2.45, 2.75) is 5.92 Å². The lowest BCUT2D eigenvalue weighted by Crippen LogP contribution is -2.05. The van der Waals surface area contributed by atoms with Crippen molar-refractivity contribution in [3.8, 4) is 11.1 Å². The summed E-state index contributed by atoms with van der Waals surface area (Å²) in [6, 6.07) is 23.0. The molecular formula is C19H16N2.